The summed E-state index contributed by atoms with van der Waals surface area (Å²) >= 11 is 0. The molecule has 1 aromatic heterocycles. The zero-order valence-corrected chi connectivity index (χ0v) is 13.8. The number of furan rings is 1. The van der Waals surface area contributed by atoms with Crippen molar-refractivity contribution in [3.63, 3.8) is 0 Å². The number of benzene rings is 1. The molecule has 122 valence electrons. The summed E-state index contributed by atoms with van der Waals surface area (Å²) < 4.78 is 10.8. The van der Waals surface area contributed by atoms with Gasteiger partial charge >= 0.3 is 0 Å². The van der Waals surface area contributed by atoms with Gasteiger partial charge in [-0.2, -0.15) is 0 Å². The van der Waals surface area contributed by atoms with Crippen molar-refractivity contribution in [3.8, 4) is 0 Å². The molecule has 1 N–H and O–H groups in total. The van der Waals surface area contributed by atoms with Crippen molar-refractivity contribution in [2.75, 3.05) is 30.4 Å². The van der Waals surface area contributed by atoms with Gasteiger partial charge in [-0.05, 0) is 50.6 Å². The molecule has 5 nitrogen and oxygen atoms in total. The quantitative estimate of drug-likeness (QED) is 0.940. The molecule has 0 spiro atoms. The first-order valence-electron chi connectivity index (χ1n) is 7.83. The van der Waals surface area contributed by atoms with E-state index in [1.54, 1.807) is 20.1 Å². The van der Waals surface area contributed by atoms with E-state index in [0.29, 0.717) is 17.4 Å². The van der Waals surface area contributed by atoms with Gasteiger partial charge in [-0.15, -0.1) is 0 Å². The number of rotatable bonds is 4. The first kappa shape index (κ1) is 15.6. The number of hydrogen-bond acceptors (Lipinski definition) is 4. The third-order valence-electron chi connectivity index (χ3n) is 4.25. The number of ether oxygens (including phenoxy) is 1. The van der Waals surface area contributed by atoms with Crippen molar-refractivity contribution in [3.05, 3.63) is 47.4 Å². The van der Waals surface area contributed by atoms with Crippen LogP contribution in [0.25, 0.3) is 0 Å². The van der Waals surface area contributed by atoms with E-state index in [1.165, 1.54) is 0 Å². The molecule has 3 rings (SSSR count). The Morgan fingerprint density at radius 3 is 2.61 bits per heavy atom. The SMILES string of the molecule is COC1CCN(c2ccc(NC(=O)c3cc(C)oc3C)cc2)C1. The van der Waals surface area contributed by atoms with Gasteiger partial charge < -0.3 is 19.4 Å². The summed E-state index contributed by atoms with van der Waals surface area (Å²) in [6.07, 6.45) is 1.36. The van der Waals surface area contributed by atoms with Crippen molar-refractivity contribution in [2.24, 2.45) is 0 Å². The Labute approximate surface area is 136 Å². The average molecular weight is 314 g/mol. The van der Waals surface area contributed by atoms with Crippen molar-refractivity contribution >= 4 is 17.3 Å². The number of anilines is 2. The highest BCUT2D eigenvalue weighted by Gasteiger charge is 2.22. The van der Waals surface area contributed by atoms with Crippen LogP contribution in [0, 0.1) is 13.8 Å². The second-order valence-electron chi connectivity index (χ2n) is 5.92. The Morgan fingerprint density at radius 1 is 1.30 bits per heavy atom. The van der Waals surface area contributed by atoms with Gasteiger partial charge in [0.25, 0.3) is 5.91 Å². The first-order valence-corrected chi connectivity index (χ1v) is 7.83. The number of aryl methyl sites for hydroxylation is 2. The summed E-state index contributed by atoms with van der Waals surface area (Å²) in [6.45, 7) is 5.54. The highest BCUT2D eigenvalue weighted by atomic mass is 16.5. The molecule has 0 aliphatic carbocycles. The minimum atomic E-state index is -0.146. The first-order chi connectivity index (χ1) is 11.1. The number of nitrogens with zero attached hydrogens (tertiary/aromatic N) is 1. The molecule has 1 aliphatic heterocycles. The lowest BCUT2D eigenvalue weighted by atomic mass is 10.2. The van der Waals surface area contributed by atoms with E-state index < -0.39 is 0 Å². The van der Waals surface area contributed by atoms with Gasteiger partial charge in [0.15, 0.2) is 0 Å². The van der Waals surface area contributed by atoms with Gasteiger partial charge in [-0.1, -0.05) is 0 Å². The molecule has 2 heterocycles. The lowest BCUT2D eigenvalue weighted by molar-refractivity contribution is 0.102. The van der Waals surface area contributed by atoms with Crippen LogP contribution in [0.1, 0.15) is 28.3 Å². The minimum Gasteiger partial charge on any atom is -0.466 e. The highest BCUT2D eigenvalue weighted by Crippen LogP contribution is 2.24. The predicted octanol–water partition coefficient (Wildman–Crippen LogP) is 3.37. The molecule has 1 amide bonds. The fraction of sp³-hybridized carbons (Fsp3) is 0.389. The summed E-state index contributed by atoms with van der Waals surface area (Å²) in [5.41, 5.74) is 2.51. The summed E-state index contributed by atoms with van der Waals surface area (Å²) in [4.78, 5) is 14.6. The molecule has 1 unspecified atom stereocenters. The maximum atomic E-state index is 12.3. The van der Waals surface area contributed by atoms with E-state index in [1.807, 2.05) is 31.2 Å². The summed E-state index contributed by atoms with van der Waals surface area (Å²) in [5.74, 6) is 1.23. The highest BCUT2D eigenvalue weighted by molar-refractivity contribution is 6.05. The Hall–Kier alpha value is -2.27. The largest absolute Gasteiger partial charge is 0.466 e. The van der Waals surface area contributed by atoms with Crippen LogP contribution in [0.5, 0.6) is 0 Å². The maximum Gasteiger partial charge on any atom is 0.259 e. The lowest BCUT2D eigenvalue weighted by Crippen LogP contribution is -2.22. The van der Waals surface area contributed by atoms with Crippen molar-refractivity contribution in [2.45, 2.75) is 26.4 Å². The van der Waals surface area contributed by atoms with E-state index in [0.717, 1.165) is 36.6 Å². The van der Waals surface area contributed by atoms with Crippen LogP contribution < -0.4 is 10.2 Å². The third kappa shape index (κ3) is 3.40. The standard InChI is InChI=1S/C18H22N2O3/c1-12-10-17(13(2)23-12)18(21)19-14-4-6-15(7-5-14)20-9-8-16(11-20)22-3/h4-7,10,16H,8-9,11H2,1-3H3,(H,19,21). The van der Waals surface area contributed by atoms with E-state index in [-0.39, 0.29) is 5.91 Å². The second kappa shape index (κ2) is 6.46. The number of carbonyl (C=O) groups is 1. The van der Waals surface area contributed by atoms with Crippen molar-refractivity contribution < 1.29 is 13.9 Å². The Morgan fingerprint density at radius 2 is 2.04 bits per heavy atom. The Kier molecular flexibility index (Phi) is 4.39. The molecular weight excluding hydrogens is 292 g/mol. The molecule has 1 aromatic carbocycles. The fourth-order valence-corrected chi connectivity index (χ4v) is 2.97. The van der Waals surface area contributed by atoms with Crippen LogP contribution in [0.4, 0.5) is 11.4 Å². The van der Waals surface area contributed by atoms with Gasteiger partial charge in [-0.25, -0.2) is 0 Å². The minimum absolute atomic E-state index is 0.146. The number of carbonyl (C=O) groups excluding carboxylic acids is 1. The number of hydrogen-bond donors (Lipinski definition) is 1. The van der Waals surface area contributed by atoms with E-state index in [9.17, 15) is 4.79 Å². The molecule has 1 aliphatic rings. The predicted molar refractivity (Wildman–Crippen MR) is 90.2 cm³/mol. The smallest absolute Gasteiger partial charge is 0.259 e. The maximum absolute atomic E-state index is 12.3. The second-order valence-corrected chi connectivity index (χ2v) is 5.92. The molecule has 1 fully saturated rings. The molecular formula is C18H22N2O3. The van der Waals surface area contributed by atoms with Gasteiger partial charge in [0.2, 0.25) is 0 Å². The van der Waals surface area contributed by atoms with Crippen LogP contribution >= 0.6 is 0 Å². The summed E-state index contributed by atoms with van der Waals surface area (Å²) in [7, 11) is 1.76. The normalized spacial score (nSPS) is 17.5. The van der Waals surface area contributed by atoms with Gasteiger partial charge in [0.1, 0.15) is 11.5 Å². The van der Waals surface area contributed by atoms with Crippen molar-refractivity contribution in [1.82, 2.24) is 0 Å². The zero-order valence-electron chi connectivity index (χ0n) is 13.8. The molecule has 0 saturated carbocycles. The molecule has 1 saturated heterocycles. The van der Waals surface area contributed by atoms with Gasteiger partial charge in [0, 0.05) is 31.6 Å². The topological polar surface area (TPSA) is 54.7 Å². The van der Waals surface area contributed by atoms with E-state index in [2.05, 4.69) is 10.2 Å². The number of amides is 1. The molecule has 0 bridgehead atoms. The van der Waals surface area contributed by atoms with Gasteiger partial charge in [0.05, 0.1) is 11.7 Å². The van der Waals surface area contributed by atoms with E-state index in [4.69, 9.17) is 9.15 Å². The summed E-state index contributed by atoms with van der Waals surface area (Å²) in [5, 5.41) is 2.91. The Bertz CT molecular complexity index is 691. The molecule has 23 heavy (non-hydrogen) atoms. The average Bonchev–Trinajstić information content (AvgIpc) is 3.14. The van der Waals surface area contributed by atoms with Crippen LogP contribution in [-0.2, 0) is 4.74 Å². The fourth-order valence-electron chi connectivity index (χ4n) is 2.97. The van der Waals surface area contributed by atoms with Crippen LogP contribution in [0.15, 0.2) is 34.7 Å². The zero-order chi connectivity index (χ0) is 16.4. The monoisotopic (exact) mass is 314 g/mol. The summed E-state index contributed by atoms with van der Waals surface area (Å²) in [6, 6.07) is 9.67. The molecule has 0 radical (unpaired) electrons. The third-order valence-corrected chi connectivity index (χ3v) is 4.25. The molecule has 5 heteroatoms. The number of methoxy groups -OCH3 is 1. The van der Waals surface area contributed by atoms with Crippen molar-refractivity contribution in [1.29, 1.82) is 0 Å². The molecule has 2 aromatic rings. The van der Waals surface area contributed by atoms with Crippen LogP contribution in [0.3, 0.4) is 0 Å². The number of nitrogens with one attached hydrogen (secondary N) is 1. The van der Waals surface area contributed by atoms with Gasteiger partial charge in [-0.3, -0.25) is 4.79 Å². The van der Waals surface area contributed by atoms with Crippen LogP contribution in [0.2, 0.25) is 0 Å². The lowest BCUT2D eigenvalue weighted by Gasteiger charge is -2.18. The van der Waals surface area contributed by atoms with Crippen LogP contribution in [-0.4, -0.2) is 32.2 Å². The van der Waals surface area contributed by atoms with E-state index >= 15 is 0 Å². The Balaban J connectivity index is 1.66. The molecule has 1 atom stereocenters.